The topological polar surface area (TPSA) is 75.0 Å². The van der Waals surface area contributed by atoms with E-state index in [1.165, 1.54) is 18.5 Å². The van der Waals surface area contributed by atoms with Crippen molar-refractivity contribution in [1.82, 2.24) is 14.9 Å². The Labute approximate surface area is 116 Å². The average Bonchev–Trinajstić information content (AvgIpc) is 3.02. The molecule has 1 saturated heterocycles. The summed E-state index contributed by atoms with van der Waals surface area (Å²) >= 11 is 0. The molecule has 0 radical (unpaired) electrons. The fourth-order valence-corrected chi connectivity index (χ4v) is 2.93. The molecule has 3 rings (SSSR count). The fourth-order valence-electron chi connectivity index (χ4n) is 2.93. The lowest BCUT2D eigenvalue weighted by Crippen LogP contribution is -2.34. The van der Waals surface area contributed by atoms with Crippen LogP contribution in [0.5, 0.6) is 0 Å². The number of nitrogens with zero attached hydrogens (tertiary/aromatic N) is 2. The van der Waals surface area contributed by atoms with Crippen molar-refractivity contribution in [1.29, 1.82) is 0 Å². The molecule has 0 bridgehead atoms. The number of fused-ring (bicyclic) bond motifs is 1. The van der Waals surface area contributed by atoms with Gasteiger partial charge in [0.15, 0.2) is 0 Å². The molecule has 2 aromatic rings. The number of halogens is 1. The number of carbonyl (C=O) groups excluding carboxylic acids is 1. The Morgan fingerprint density at radius 3 is 3.10 bits per heavy atom. The van der Waals surface area contributed by atoms with Gasteiger partial charge < -0.3 is 15.6 Å². The van der Waals surface area contributed by atoms with E-state index in [1.807, 2.05) is 6.92 Å². The van der Waals surface area contributed by atoms with E-state index in [0.717, 1.165) is 6.42 Å². The summed E-state index contributed by atoms with van der Waals surface area (Å²) in [6.07, 6.45) is 2.36. The third kappa shape index (κ3) is 2.06. The molecule has 1 fully saturated rings. The molecule has 1 aromatic heterocycles. The van der Waals surface area contributed by atoms with Crippen LogP contribution < -0.4 is 5.73 Å². The van der Waals surface area contributed by atoms with E-state index in [1.54, 1.807) is 4.90 Å². The lowest BCUT2D eigenvalue weighted by atomic mass is 10.1. The van der Waals surface area contributed by atoms with Gasteiger partial charge in [0.05, 0.1) is 17.4 Å². The number of likely N-dealkylation sites (tertiary alicyclic amines) is 1. The van der Waals surface area contributed by atoms with Crippen LogP contribution in [0.15, 0.2) is 18.5 Å². The molecule has 1 aliphatic heterocycles. The predicted octanol–water partition coefficient (Wildman–Crippen LogP) is 1.51. The number of hydrogen-bond acceptors (Lipinski definition) is 3. The molecule has 3 N–H and O–H groups in total. The van der Waals surface area contributed by atoms with Crippen molar-refractivity contribution in [3.63, 3.8) is 0 Å². The van der Waals surface area contributed by atoms with Gasteiger partial charge in [-0.2, -0.15) is 0 Å². The summed E-state index contributed by atoms with van der Waals surface area (Å²) < 4.78 is 13.6. The normalized spacial score (nSPS) is 22.6. The molecule has 2 unspecified atom stereocenters. The number of nitrogens with two attached hydrogens (primary N) is 1. The Morgan fingerprint density at radius 1 is 1.60 bits per heavy atom. The number of H-pyrrole nitrogens is 1. The Kier molecular flexibility index (Phi) is 3.17. The third-order valence-corrected chi connectivity index (χ3v) is 3.97. The van der Waals surface area contributed by atoms with Gasteiger partial charge in [0.2, 0.25) is 0 Å². The Bertz CT molecular complexity index is 654. The Hall–Kier alpha value is -1.95. The second kappa shape index (κ2) is 4.86. The monoisotopic (exact) mass is 276 g/mol. The van der Waals surface area contributed by atoms with Gasteiger partial charge in [-0.15, -0.1) is 0 Å². The van der Waals surface area contributed by atoms with Crippen LogP contribution in [0.4, 0.5) is 4.39 Å². The number of imidazole rings is 1. The van der Waals surface area contributed by atoms with Gasteiger partial charge in [-0.1, -0.05) is 0 Å². The summed E-state index contributed by atoms with van der Waals surface area (Å²) in [5.41, 5.74) is 7.04. The molecule has 0 saturated carbocycles. The smallest absolute Gasteiger partial charge is 0.256 e. The number of aromatic nitrogens is 2. The summed E-state index contributed by atoms with van der Waals surface area (Å²) in [5, 5.41) is 0. The minimum atomic E-state index is -0.438. The Morgan fingerprint density at radius 2 is 2.40 bits per heavy atom. The molecule has 6 heteroatoms. The molecule has 0 spiro atoms. The molecule has 2 heterocycles. The summed E-state index contributed by atoms with van der Waals surface area (Å²) in [6.45, 7) is 3.18. The zero-order chi connectivity index (χ0) is 14.3. The van der Waals surface area contributed by atoms with Gasteiger partial charge in [-0.25, -0.2) is 9.37 Å². The van der Waals surface area contributed by atoms with Crippen LogP contribution in [-0.2, 0) is 0 Å². The maximum absolute atomic E-state index is 13.6. The van der Waals surface area contributed by atoms with Gasteiger partial charge in [0.1, 0.15) is 11.3 Å². The van der Waals surface area contributed by atoms with Crippen molar-refractivity contribution in [2.45, 2.75) is 19.4 Å². The molecular formula is C14H17FN4O. The highest BCUT2D eigenvalue weighted by Gasteiger charge is 2.33. The second-order valence-corrected chi connectivity index (χ2v) is 5.40. The van der Waals surface area contributed by atoms with E-state index >= 15 is 0 Å². The van der Waals surface area contributed by atoms with E-state index in [-0.39, 0.29) is 11.9 Å². The van der Waals surface area contributed by atoms with Crippen LogP contribution in [0.3, 0.4) is 0 Å². The molecule has 1 aliphatic rings. The molecular weight excluding hydrogens is 259 g/mol. The first-order chi connectivity index (χ1) is 9.60. The fraction of sp³-hybridized carbons (Fsp3) is 0.429. The molecule has 1 aromatic carbocycles. The van der Waals surface area contributed by atoms with Gasteiger partial charge in [-0.05, 0) is 37.9 Å². The zero-order valence-electron chi connectivity index (χ0n) is 11.3. The van der Waals surface area contributed by atoms with E-state index in [0.29, 0.717) is 35.6 Å². The van der Waals surface area contributed by atoms with E-state index in [9.17, 15) is 9.18 Å². The van der Waals surface area contributed by atoms with Crippen molar-refractivity contribution < 1.29 is 9.18 Å². The highest BCUT2D eigenvalue weighted by atomic mass is 19.1. The van der Waals surface area contributed by atoms with Crippen LogP contribution in [-0.4, -0.2) is 39.9 Å². The van der Waals surface area contributed by atoms with Crippen molar-refractivity contribution >= 4 is 16.9 Å². The van der Waals surface area contributed by atoms with Crippen LogP contribution in [0, 0.1) is 11.7 Å². The quantitative estimate of drug-likeness (QED) is 0.873. The van der Waals surface area contributed by atoms with Gasteiger partial charge in [0, 0.05) is 12.6 Å². The summed E-state index contributed by atoms with van der Waals surface area (Å²) in [7, 11) is 0. The standard InChI is InChI=1S/C14H17FN4O/c1-8-2-9(5-16)6-19(8)14(20)11-3-10(15)4-12-13(11)18-7-17-12/h3-4,7-9H,2,5-6,16H2,1H3,(H,17,18). The number of rotatable bonds is 2. The Balaban J connectivity index is 1.98. The van der Waals surface area contributed by atoms with Crippen LogP contribution >= 0.6 is 0 Å². The zero-order valence-corrected chi connectivity index (χ0v) is 11.3. The first-order valence-corrected chi connectivity index (χ1v) is 6.73. The second-order valence-electron chi connectivity index (χ2n) is 5.40. The minimum absolute atomic E-state index is 0.119. The van der Waals surface area contributed by atoms with E-state index < -0.39 is 5.82 Å². The highest BCUT2D eigenvalue weighted by Crippen LogP contribution is 2.26. The van der Waals surface area contributed by atoms with Crippen molar-refractivity contribution in [2.75, 3.05) is 13.1 Å². The molecule has 5 nitrogen and oxygen atoms in total. The minimum Gasteiger partial charge on any atom is -0.344 e. The molecule has 106 valence electrons. The predicted molar refractivity (Wildman–Crippen MR) is 73.7 cm³/mol. The molecule has 1 amide bonds. The molecule has 0 aliphatic carbocycles. The number of carbonyl (C=O) groups is 1. The van der Waals surface area contributed by atoms with Crippen LogP contribution in [0.25, 0.3) is 11.0 Å². The SMILES string of the molecule is CC1CC(CN)CN1C(=O)c1cc(F)cc2[nH]cnc12. The summed E-state index contributed by atoms with van der Waals surface area (Å²) in [5.74, 6) is -0.297. The maximum Gasteiger partial charge on any atom is 0.256 e. The van der Waals surface area contributed by atoms with Crippen molar-refractivity contribution in [3.05, 3.63) is 29.8 Å². The van der Waals surface area contributed by atoms with Crippen LogP contribution in [0.2, 0.25) is 0 Å². The first-order valence-electron chi connectivity index (χ1n) is 6.73. The molecule has 2 atom stereocenters. The lowest BCUT2D eigenvalue weighted by molar-refractivity contribution is 0.0745. The number of nitrogens with one attached hydrogen (secondary N) is 1. The van der Waals surface area contributed by atoms with Crippen molar-refractivity contribution in [2.24, 2.45) is 11.7 Å². The third-order valence-electron chi connectivity index (χ3n) is 3.97. The van der Waals surface area contributed by atoms with Gasteiger partial charge in [0.25, 0.3) is 5.91 Å². The first kappa shape index (κ1) is 13.1. The van der Waals surface area contributed by atoms with E-state index in [4.69, 9.17) is 5.73 Å². The number of aromatic amines is 1. The average molecular weight is 276 g/mol. The van der Waals surface area contributed by atoms with Gasteiger partial charge >= 0.3 is 0 Å². The highest BCUT2D eigenvalue weighted by molar-refractivity contribution is 6.05. The number of amides is 1. The van der Waals surface area contributed by atoms with Crippen LogP contribution in [0.1, 0.15) is 23.7 Å². The van der Waals surface area contributed by atoms with Crippen molar-refractivity contribution in [3.8, 4) is 0 Å². The summed E-state index contributed by atoms with van der Waals surface area (Å²) in [4.78, 5) is 21.4. The lowest BCUT2D eigenvalue weighted by Gasteiger charge is -2.21. The van der Waals surface area contributed by atoms with Gasteiger partial charge in [-0.3, -0.25) is 4.79 Å². The maximum atomic E-state index is 13.6. The molecule has 20 heavy (non-hydrogen) atoms. The number of hydrogen-bond donors (Lipinski definition) is 2. The largest absolute Gasteiger partial charge is 0.344 e. The number of benzene rings is 1. The summed E-state index contributed by atoms with van der Waals surface area (Å²) in [6, 6.07) is 2.72. The van der Waals surface area contributed by atoms with E-state index in [2.05, 4.69) is 9.97 Å².